The standard InChI is InChI=1S/C22H26N4O3/c1-2-28-19-9-5-3-7-17(19)24-21(27)23-15-16-11-13-26(14-12-16)22-25-18-8-4-6-10-20(18)29-22/h3-10,16H,2,11-15H2,1H3,(H2,23,24,27). The van der Waals surface area contributed by atoms with Crippen LogP contribution < -0.4 is 20.3 Å². The third kappa shape index (κ3) is 4.62. The molecule has 0 bridgehead atoms. The number of piperidine rings is 1. The number of para-hydroxylation sites is 4. The van der Waals surface area contributed by atoms with Gasteiger partial charge in [-0.25, -0.2) is 4.79 Å². The largest absolute Gasteiger partial charge is 0.492 e. The van der Waals surface area contributed by atoms with E-state index in [1.807, 2.05) is 55.5 Å². The number of rotatable bonds is 6. The Morgan fingerprint density at radius 1 is 1.17 bits per heavy atom. The molecule has 0 spiro atoms. The topological polar surface area (TPSA) is 79.6 Å². The lowest BCUT2D eigenvalue weighted by Crippen LogP contribution is -2.40. The number of nitrogens with zero attached hydrogens (tertiary/aromatic N) is 2. The molecule has 1 fully saturated rings. The van der Waals surface area contributed by atoms with Gasteiger partial charge in [0.05, 0.1) is 12.3 Å². The second-order valence-corrected chi connectivity index (χ2v) is 7.16. The van der Waals surface area contributed by atoms with E-state index in [9.17, 15) is 4.79 Å². The Kier molecular flexibility index (Phi) is 5.84. The Bertz CT molecular complexity index is 930. The molecule has 3 aromatic rings. The van der Waals surface area contributed by atoms with Crippen molar-refractivity contribution >= 4 is 28.8 Å². The Labute approximate surface area is 170 Å². The highest BCUT2D eigenvalue weighted by Gasteiger charge is 2.23. The highest BCUT2D eigenvalue weighted by molar-refractivity contribution is 5.90. The van der Waals surface area contributed by atoms with Crippen LogP contribution in [0.25, 0.3) is 11.1 Å². The molecule has 2 N–H and O–H groups in total. The molecule has 1 aromatic heterocycles. The second kappa shape index (κ2) is 8.86. The van der Waals surface area contributed by atoms with E-state index < -0.39 is 0 Å². The van der Waals surface area contributed by atoms with Crippen LogP contribution in [0, 0.1) is 5.92 Å². The SMILES string of the molecule is CCOc1ccccc1NC(=O)NCC1CCN(c2nc3ccccc3o2)CC1. The predicted molar refractivity (Wildman–Crippen MR) is 114 cm³/mol. The van der Waals surface area contributed by atoms with Crippen molar-refractivity contribution in [3.05, 3.63) is 48.5 Å². The van der Waals surface area contributed by atoms with Gasteiger partial charge in [-0.1, -0.05) is 24.3 Å². The monoisotopic (exact) mass is 394 g/mol. The molecule has 0 aliphatic carbocycles. The minimum absolute atomic E-state index is 0.210. The molecule has 1 aliphatic rings. The van der Waals surface area contributed by atoms with Gasteiger partial charge < -0.3 is 24.7 Å². The van der Waals surface area contributed by atoms with Crippen LogP contribution in [-0.2, 0) is 0 Å². The number of carbonyl (C=O) groups excluding carboxylic acids is 1. The zero-order valence-corrected chi connectivity index (χ0v) is 16.6. The van der Waals surface area contributed by atoms with Crippen LogP contribution in [0.1, 0.15) is 19.8 Å². The molecule has 7 heteroatoms. The molecule has 29 heavy (non-hydrogen) atoms. The Balaban J connectivity index is 1.25. The molecule has 2 heterocycles. The van der Waals surface area contributed by atoms with Crippen LogP contribution in [0.15, 0.2) is 52.9 Å². The molecular weight excluding hydrogens is 368 g/mol. The van der Waals surface area contributed by atoms with Crippen LogP contribution in [0.2, 0.25) is 0 Å². The van der Waals surface area contributed by atoms with E-state index in [1.165, 1.54) is 0 Å². The van der Waals surface area contributed by atoms with Crippen molar-refractivity contribution < 1.29 is 13.9 Å². The first-order valence-corrected chi connectivity index (χ1v) is 10.1. The summed E-state index contributed by atoms with van der Waals surface area (Å²) in [6.45, 7) is 4.86. The van der Waals surface area contributed by atoms with Crippen molar-refractivity contribution in [1.82, 2.24) is 10.3 Å². The van der Waals surface area contributed by atoms with Gasteiger partial charge in [0.1, 0.15) is 11.3 Å². The number of carbonyl (C=O) groups is 1. The lowest BCUT2D eigenvalue weighted by atomic mass is 9.97. The molecule has 1 saturated heterocycles. The molecule has 0 atom stereocenters. The maximum atomic E-state index is 12.3. The molecular formula is C22H26N4O3. The van der Waals surface area contributed by atoms with Crippen molar-refractivity contribution in [2.24, 2.45) is 5.92 Å². The van der Waals surface area contributed by atoms with Crippen LogP contribution in [0.3, 0.4) is 0 Å². The van der Waals surface area contributed by atoms with Crippen molar-refractivity contribution in [2.75, 3.05) is 36.5 Å². The quantitative estimate of drug-likeness (QED) is 0.653. The number of amides is 2. The van der Waals surface area contributed by atoms with Crippen LogP contribution >= 0.6 is 0 Å². The van der Waals surface area contributed by atoms with Gasteiger partial charge in [0, 0.05) is 19.6 Å². The van der Waals surface area contributed by atoms with Crippen molar-refractivity contribution in [3.8, 4) is 5.75 Å². The fourth-order valence-corrected chi connectivity index (χ4v) is 3.58. The van der Waals surface area contributed by atoms with Crippen LogP contribution in [0.5, 0.6) is 5.75 Å². The number of urea groups is 1. The molecule has 2 amide bonds. The summed E-state index contributed by atoms with van der Waals surface area (Å²) in [6, 6.07) is 15.7. The highest BCUT2D eigenvalue weighted by atomic mass is 16.5. The number of ether oxygens (including phenoxy) is 1. The number of hydrogen-bond acceptors (Lipinski definition) is 5. The summed E-state index contributed by atoms with van der Waals surface area (Å²) in [5, 5.41) is 5.86. The Hall–Kier alpha value is -3.22. The summed E-state index contributed by atoms with van der Waals surface area (Å²) in [6.07, 6.45) is 1.96. The van der Waals surface area contributed by atoms with E-state index in [1.54, 1.807) is 0 Å². The normalized spacial score (nSPS) is 14.7. The molecule has 0 radical (unpaired) electrons. The molecule has 152 valence electrons. The number of anilines is 2. The van der Waals surface area contributed by atoms with Crippen molar-refractivity contribution in [3.63, 3.8) is 0 Å². The molecule has 2 aromatic carbocycles. The number of oxazole rings is 1. The molecule has 0 saturated carbocycles. The van der Waals surface area contributed by atoms with Crippen molar-refractivity contribution in [2.45, 2.75) is 19.8 Å². The third-order valence-electron chi connectivity index (χ3n) is 5.15. The van der Waals surface area contributed by atoms with E-state index in [0.717, 1.165) is 37.0 Å². The van der Waals surface area contributed by atoms with Gasteiger partial charge in [-0.3, -0.25) is 0 Å². The molecule has 0 unspecified atom stereocenters. The summed E-state index contributed by atoms with van der Waals surface area (Å²) < 4.78 is 11.4. The fraction of sp³-hybridized carbons (Fsp3) is 0.364. The van der Waals surface area contributed by atoms with Gasteiger partial charge in [-0.2, -0.15) is 4.98 Å². The van der Waals surface area contributed by atoms with Gasteiger partial charge >= 0.3 is 6.03 Å². The van der Waals surface area contributed by atoms with E-state index in [0.29, 0.717) is 36.5 Å². The van der Waals surface area contributed by atoms with Crippen molar-refractivity contribution in [1.29, 1.82) is 0 Å². The minimum Gasteiger partial charge on any atom is -0.492 e. The lowest BCUT2D eigenvalue weighted by Gasteiger charge is -2.30. The van der Waals surface area contributed by atoms with Gasteiger partial charge in [0.25, 0.3) is 6.01 Å². The first-order valence-electron chi connectivity index (χ1n) is 10.1. The summed E-state index contributed by atoms with van der Waals surface area (Å²) in [4.78, 5) is 19.0. The Morgan fingerprint density at radius 3 is 2.72 bits per heavy atom. The van der Waals surface area contributed by atoms with Crippen LogP contribution in [0.4, 0.5) is 16.5 Å². The molecule has 7 nitrogen and oxygen atoms in total. The summed E-state index contributed by atoms with van der Waals surface area (Å²) in [5.74, 6) is 1.11. The minimum atomic E-state index is -0.210. The number of nitrogens with one attached hydrogen (secondary N) is 2. The number of fused-ring (bicyclic) bond motifs is 1. The van der Waals surface area contributed by atoms with E-state index in [-0.39, 0.29) is 6.03 Å². The number of aromatic nitrogens is 1. The average Bonchev–Trinajstić information content (AvgIpc) is 3.18. The fourth-order valence-electron chi connectivity index (χ4n) is 3.58. The zero-order chi connectivity index (χ0) is 20.1. The lowest BCUT2D eigenvalue weighted by molar-refractivity contribution is 0.248. The summed E-state index contributed by atoms with van der Waals surface area (Å²) in [5.41, 5.74) is 2.38. The average molecular weight is 394 g/mol. The van der Waals surface area contributed by atoms with Gasteiger partial charge in [0.15, 0.2) is 5.58 Å². The second-order valence-electron chi connectivity index (χ2n) is 7.16. The van der Waals surface area contributed by atoms with Gasteiger partial charge in [-0.05, 0) is 49.9 Å². The number of hydrogen-bond donors (Lipinski definition) is 2. The maximum absolute atomic E-state index is 12.3. The zero-order valence-electron chi connectivity index (χ0n) is 16.6. The van der Waals surface area contributed by atoms with Gasteiger partial charge in [0.2, 0.25) is 0 Å². The Morgan fingerprint density at radius 2 is 1.93 bits per heavy atom. The first-order chi connectivity index (χ1) is 14.2. The molecule has 1 aliphatic heterocycles. The summed E-state index contributed by atoms with van der Waals surface area (Å²) in [7, 11) is 0. The van der Waals surface area contributed by atoms with E-state index >= 15 is 0 Å². The van der Waals surface area contributed by atoms with E-state index in [4.69, 9.17) is 9.15 Å². The smallest absolute Gasteiger partial charge is 0.319 e. The third-order valence-corrected chi connectivity index (χ3v) is 5.15. The van der Waals surface area contributed by atoms with Gasteiger partial charge in [-0.15, -0.1) is 0 Å². The predicted octanol–water partition coefficient (Wildman–Crippen LogP) is 4.26. The first kappa shape index (κ1) is 19.1. The highest BCUT2D eigenvalue weighted by Crippen LogP contribution is 2.26. The number of benzene rings is 2. The maximum Gasteiger partial charge on any atom is 0.319 e. The van der Waals surface area contributed by atoms with Crippen LogP contribution in [-0.4, -0.2) is 37.3 Å². The summed E-state index contributed by atoms with van der Waals surface area (Å²) >= 11 is 0. The molecule has 4 rings (SSSR count). The van der Waals surface area contributed by atoms with E-state index in [2.05, 4.69) is 20.5 Å².